The predicted molar refractivity (Wildman–Crippen MR) is 113 cm³/mol. The molecule has 1 amide bonds. The Hall–Kier alpha value is -2.22. The molecule has 3 rings (SSSR count). The van der Waals surface area contributed by atoms with Gasteiger partial charge in [-0.15, -0.1) is 23.1 Å². The third-order valence-electron chi connectivity index (χ3n) is 4.30. The number of nitrogens with zero attached hydrogens (tertiary/aromatic N) is 2. The van der Waals surface area contributed by atoms with Crippen molar-refractivity contribution >= 4 is 29.0 Å². The minimum absolute atomic E-state index is 0.116. The van der Waals surface area contributed by atoms with Gasteiger partial charge < -0.3 is 10.2 Å². The Morgan fingerprint density at radius 3 is 2.79 bits per heavy atom. The van der Waals surface area contributed by atoms with Crippen LogP contribution >= 0.6 is 23.1 Å². The third-order valence-corrected chi connectivity index (χ3v) is 6.05. The minimum atomic E-state index is -0.278. The first-order valence-corrected chi connectivity index (χ1v) is 10.8. The number of amides is 1. The van der Waals surface area contributed by atoms with Crippen LogP contribution in [0.1, 0.15) is 27.7 Å². The van der Waals surface area contributed by atoms with Gasteiger partial charge in [0, 0.05) is 22.6 Å². The lowest BCUT2D eigenvalue weighted by molar-refractivity contribution is 0.0939. The van der Waals surface area contributed by atoms with E-state index in [9.17, 15) is 9.18 Å². The van der Waals surface area contributed by atoms with Gasteiger partial charge in [-0.05, 0) is 43.9 Å². The summed E-state index contributed by atoms with van der Waals surface area (Å²) in [5.74, 6) is 0.307. The minimum Gasteiger partial charge on any atom is -0.350 e. The van der Waals surface area contributed by atoms with Crippen molar-refractivity contribution < 1.29 is 9.18 Å². The molecule has 1 atom stereocenters. The number of thiazole rings is 1. The lowest BCUT2D eigenvalue weighted by Crippen LogP contribution is -2.34. The summed E-state index contributed by atoms with van der Waals surface area (Å²) in [5.41, 5.74) is 4.28. The van der Waals surface area contributed by atoms with E-state index in [2.05, 4.69) is 10.3 Å². The van der Waals surface area contributed by atoms with Gasteiger partial charge >= 0.3 is 0 Å². The van der Waals surface area contributed by atoms with Crippen LogP contribution < -0.4 is 5.32 Å². The fourth-order valence-electron chi connectivity index (χ4n) is 2.84. The lowest BCUT2D eigenvalue weighted by Gasteiger charge is -2.25. The van der Waals surface area contributed by atoms with Crippen molar-refractivity contribution in [3.05, 3.63) is 82.1 Å². The molecular weight excluding hydrogens is 393 g/mol. The van der Waals surface area contributed by atoms with Crippen molar-refractivity contribution in [2.45, 2.75) is 16.7 Å². The molecule has 0 aliphatic heterocycles. The average molecular weight is 416 g/mol. The normalized spacial score (nSPS) is 12.1. The van der Waals surface area contributed by atoms with E-state index in [0.717, 1.165) is 21.9 Å². The molecule has 1 heterocycles. The molecule has 0 radical (unpaired) electrons. The summed E-state index contributed by atoms with van der Waals surface area (Å²) in [6.07, 6.45) is 0. The predicted octanol–water partition coefficient (Wildman–Crippen LogP) is 4.61. The van der Waals surface area contributed by atoms with Crippen LogP contribution in [-0.4, -0.2) is 36.4 Å². The van der Waals surface area contributed by atoms with E-state index in [1.54, 1.807) is 29.2 Å². The number of carbonyl (C=O) groups excluding carboxylic acids is 1. The molecule has 0 aliphatic carbocycles. The number of nitrogens with one attached hydrogen (secondary N) is 1. The summed E-state index contributed by atoms with van der Waals surface area (Å²) in [6.45, 7) is 0.389. The number of halogens is 1. The molecule has 7 heteroatoms. The van der Waals surface area contributed by atoms with E-state index >= 15 is 0 Å². The van der Waals surface area contributed by atoms with Crippen LogP contribution in [0.2, 0.25) is 0 Å². The average Bonchev–Trinajstić information content (AvgIpc) is 3.20. The Balaban J connectivity index is 1.68. The number of thioether (sulfide) groups is 1. The molecular formula is C21H22FN3OS2. The van der Waals surface area contributed by atoms with Crippen LogP contribution in [-0.2, 0) is 5.75 Å². The van der Waals surface area contributed by atoms with Crippen LogP contribution in [0.25, 0.3) is 0 Å². The van der Waals surface area contributed by atoms with Crippen LogP contribution in [0, 0.1) is 5.82 Å². The van der Waals surface area contributed by atoms with E-state index in [1.807, 2.05) is 60.2 Å². The molecule has 0 bridgehead atoms. The quantitative estimate of drug-likeness (QED) is 0.546. The van der Waals surface area contributed by atoms with Gasteiger partial charge in [0.1, 0.15) is 5.82 Å². The molecule has 1 N–H and O–H groups in total. The van der Waals surface area contributed by atoms with Crippen molar-refractivity contribution in [2.75, 3.05) is 20.6 Å². The number of benzene rings is 2. The molecule has 0 aliphatic rings. The Morgan fingerprint density at radius 1 is 1.25 bits per heavy atom. The van der Waals surface area contributed by atoms with Gasteiger partial charge in [-0.25, -0.2) is 9.37 Å². The second-order valence-electron chi connectivity index (χ2n) is 6.51. The fraction of sp³-hybridized carbons (Fsp3) is 0.238. The van der Waals surface area contributed by atoms with E-state index in [1.165, 1.54) is 12.1 Å². The second kappa shape index (κ2) is 9.82. The highest BCUT2D eigenvalue weighted by molar-refractivity contribution is 7.98. The number of rotatable bonds is 8. The summed E-state index contributed by atoms with van der Waals surface area (Å²) >= 11 is 3.16. The summed E-state index contributed by atoms with van der Waals surface area (Å²) in [4.78, 5) is 20.0. The molecule has 0 fully saturated rings. The molecule has 0 unspecified atom stereocenters. The number of hydrogen-bond donors (Lipinski definition) is 1. The zero-order valence-electron chi connectivity index (χ0n) is 15.8. The van der Waals surface area contributed by atoms with Crippen molar-refractivity contribution in [1.29, 1.82) is 0 Å². The summed E-state index contributed by atoms with van der Waals surface area (Å²) in [5, 5.41) is 5.01. The number of hydrogen-bond acceptors (Lipinski definition) is 5. The number of carbonyl (C=O) groups is 1. The number of likely N-dealkylation sites (N-methyl/N-ethyl adjacent to an activating group) is 1. The molecule has 1 aromatic heterocycles. The second-order valence-corrected chi connectivity index (χ2v) is 8.24. The van der Waals surface area contributed by atoms with Crippen molar-refractivity contribution in [2.24, 2.45) is 0 Å². The Morgan fingerprint density at radius 2 is 2.07 bits per heavy atom. The highest BCUT2D eigenvalue weighted by Gasteiger charge is 2.18. The van der Waals surface area contributed by atoms with Gasteiger partial charge in [-0.3, -0.25) is 4.79 Å². The van der Waals surface area contributed by atoms with Crippen LogP contribution in [0.15, 0.2) is 64.3 Å². The highest BCUT2D eigenvalue weighted by Crippen LogP contribution is 2.26. The van der Waals surface area contributed by atoms with Crippen molar-refractivity contribution in [3.63, 3.8) is 0 Å². The maximum absolute atomic E-state index is 13.6. The van der Waals surface area contributed by atoms with E-state index in [-0.39, 0.29) is 17.8 Å². The summed E-state index contributed by atoms with van der Waals surface area (Å²) in [7, 11) is 3.83. The van der Waals surface area contributed by atoms with Crippen LogP contribution in [0.4, 0.5) is 4.39 Å². The standard InChI is InChI=1S/C21H22FN3OS2/c1-25(2)19(15-6-5-7-16(22)10-15)11-23-21(26)18-8-3-4-9-20(18)28-13-17-12-27-14-24-17/h3-10,12,14,19H,11,13H2,1-2H3,(H,23,26)/t19-/m1/s1. The Bertz CT molecular complexity index is 916. The van der Waals surface area contributed by atoms with Crippen LogP contribution in [0.3, 0.4) is 0 Å². The van der Waals surface area contributed by atoms with Gasteiger partial charge in [0.25, 0.3) is 5.91 Å². The zero-order valence-corrected chi connectivity index (χ0v) is 17.4. The summed E-state index contributed by atoms with van der Waals surface area (Å²) in [6, 6.07) is 13.9. The SMILES string of the molecule is CN(C)[C@H](CNC(=O)c1ccccc1SCc1cscn1)c1cccc(F)c1. The smallest absolute Gasteiger partial charge is 0.252 e. The molecule has 0 spiro atoms. The van der Waals surface area contributed by atoms with Gasteiger partial charge in [0.15, 0.2) is 0 Å². The molecule has 2 aromatic carbocycles. The molecule has 3 aromatic rings. The highest BCUT2D eigenvalue weighted by atomic mass is 32.2. The van der Waals surface area contributed by atoms with Gasteiger partial charge in [0.05, 0.1) is 22.8 Å². The number of aromatic nitrogens is 1. The largest absolute Gasteiger partial charge is 0.350 e. The first-order chi connectivity index (χ1) is 13.5. The van der Waals surface area contributed by atoms with Gasteiger partial charge in [-0.2, -0.15) is 0 Å². The third kappa shape index (κ3) is 5.41. The Labute approximate surface area is 172 Å². The van der Waals surface area contributed by atoms with Gasteiger partial charge in [-0.1, -0.05) is 24.3 Å². The zero-order chi connectivity index (χ0) is 19.9. The maximum Gasteiger partial charge on any atom is 0.252 e. The lowest BCUT2D eigenvalue weighted by atomic mass is 10.1. The molecule has 4 nitrogen and oxygen atoms in total. The van der Waals surface area contributed by atoms with Crippen LogP contribution in [0.5, 0.6) is 0 Å². The topological polar surface area (TPSA) is 45.2 Å². The first kappa shape index (κ1) is 20.5. The van der Waals surface area contributed by atoms with E-state index in [4.69, 9.17) is 0 Å². The fourth-order valence-corrected chi connectivity index (χ4v) is 4.45. The van der Waals surface area contributed by atoms with E-state index < -0.39 is 0 Å². The molecule has 146 valence electrons. The molecule has 28 heavy (non-hydrogen) atoms. The summed E-state index contributed by atoms with van der Waals surface area (Å²) < 4.78 is 13.6. The first-order valence-electron chi connectivity index (χ1n) is 8.83. The molecule has 0 saturated carbocycles. The van der Waals surface area contributed by atoms with Gasteiger partial charge in [0.2, 0.25) is 0 Å². The van der Waals surface area contributed by atoms with Crippen molar-refractivity contribution in [3.8, 4) is 0 Å². The van der Waals surface area contributed by atoms with Crippen molar-refractivity contribution in [1.82, 2.24) is 15.2 Å². The maximum atomic E-state index is 13.6. The molecule has 0 saturated heterocycles. The monoisotopic (exact) mass is 415 g/mol. The Kier molecular flexibility index (Phi) is 7.19. The van der Waals surface area contributed by atoms with E-state index in [0.29, 0.717) is 12.1 Å².